The number of nitrogens with two attached hydrogens (primary N) is 1. The summed E-state index contributed by atoms with van der Waals surface area (Å²) in [6, 6.07) is 16.0. The van der Waals surface area contributed by atoms with Crippen LogP contribution in [0.15, 0.2) is 67.0 Å². The third kappa shape index (κ3) is 5.02. The molecule has 0 radical (unpaired) electrons. The van der Waals surface area contributed by atoms with Crippen molar-refractivity contribution >= 4 is 40.3 Å². The first-order valence-electron chi connectivity index (χ1n) is 11.6. The molecule has 0 aliphatic rings. The fraction of sp³-hybridized carbons (Fsp3) is 0.111. The van der Waals surface area contributed by atoms with E-state index in [1.54, 1.807) is 31.3 Å². The van der Waals surface area contributed by atoms with Crippen LogP contribution in [-0.2, 0) is 16.1 Å². The molecule has 0 spiro atoms. The quantitative estimate of drug-likeness (QED) is 0.283. The molecule has 0 bridgehead atoms. The molecular weight excluding hydrogens is 508 g/mol. The van der Waals surface area contributed by atoms with Gasteiger partial charge in [0.2, 0.25) is 0 Å². The molecule has 11 heteroatoms. The van der Waals surface area contributed by atoms with Crippen LogP contribution in [0.25, 0.3) is 33.4 Å². The van der Waals surface area contributed by atoms with Gasteiger partial charge in [-0.3, -0.25) is 10.1 Å². The molecule has 0 aliphatic heterocycles. The van der Waals surface area contributed by atoms with Gasteiger partial charge >= 0.3 is 11.9 Å². The molecule has 5 aromatic rings. The second-order valence-corrected chi connectivity index (χ2v) is 8.56. The van der Waals surface area contributed by atoms with Gasteiger partial charge in [0.05, 0.1) is 46.0 Å². The van der Waals surface area contributed by atoms with Crippen molar-refractivity contribution in [2.45, 2.75) is 13.5 Å². The maximum absolute atomic E-state index is 13.0. The standard InChI is InChI=1S/C27H21ClN6O4/c1-2-37-26(35)16-8-9-19(30-12-16)14-38-27(36)24-25(29)33-22(15-6-4-3-5-7-15)23(32-24)17-10-18-13-31-34-21(18)20(28)11-17/h3-13H,2,14H2,1H3,(H2,29,33)(H,31,34). The van der Waals surface area contributed by atoms with Gasteiger partial charge in [0, 0.05) is 22.7 Å². The van der Waals surface area contributed by atoms with E-state index in [9.17, 15) is 9.59 Å². The Morgan fingerprint density at radius 3 is 2.47 bits per heavy atom. The van der Waals surface area contributed by atoms with Crippen LogP contribution in [0, 0.1) is 0 Å². The van der Waals surface area contributed by atoms with E-state index < -0.39 is 11.9 Å². The molecule has 0 atom stereocenters. The second kappa shape index (κ2) is 10.7. The maximum Gasteiger partial charge on any atom is 0.361 e. The molecule has 3 N–H and O–H groups in total. The number of aromatic nitrogens is 5. The number of hydrogen-bond acceptors (Lipinski definition) is 9. The largest absolute Gasteiger partial charge is 0.462 e. The van der Waals surface area contributed by atoms with E-state index in [1.807, 2.05) is 36.4 Å². The lowest BCUT2D eigenvalue weighted by atomic mass is 10.0. The Balaban J connectivity index is 1.47. The average Bonchev–Trinajstić information content (AvgIpc) is 3.42. The number of esters is 2. The van der Waals surface area contributed by atoms with E-state index in [0.717, 1.165) is 10.9 Å². The van der Waals surface area contributed by atoms with Gasteiger partial charge in [-0.25, -0.2) is 19.6 Å². The van der Waals surface area contributed by atoms with Crippen LogP contribution in [0.4, 0.5) is 5.82 Å². The smallest absolute Gasteiger partial charge is 0.361 e. The molecular formula is C27H21ClN6O4. The van der Waals surface area contributed by atoms with Crippen molar-refractivity contribution in [1.82, 2.24) is 25.1 Å². The minimum absolute atomic E-state index is 0.0845. The number of H-pyrrole nitrogens is 1. The summed E-state index contributed by atoms with van der Waals surface area (Å²) in [7, 11) is 0. The normalized spacial score (nSPS) is 10.9. The molecule has 10 nitrogen and oxygen atoms in total. The number of pyridine rings is 1. The Morgan fingerprint density at radius 1 is 0.947 bits per heavy atom. The van der Waals surface area contributed by atoms with Crippen molar-refractivity contribution < 1.29 is 19.1 Å². The molecule has 5 rings (SSSR count). The first kappa shape index (κ1) is 24.8. The molecule has 38 heavy (non-hydrogen) atoms. The van der Waals surface area contributed by atoms with Gasteiger partial charge in [-0.1, -0.05) is 41.9 Å². The van der Waals surface area contributed by atoms with Crippen molar-refractivity contribution in [2.75, 3.05) is 12.3 Å². The van der Waals surface area contributed by atoms with Crippen LogP contribution in [-0.4, -0.2) is 43.7 Å². The lowest BCUT2D eigenvalue weighted by Crippen LogP contribution is -2.14. The van der Waals surface area contributed by atoms with Crippen LogP contribution in [0.1, 0.15) is 33.5 Å². The van der Waals surface area contributed by atoms with E-state index >= 15 is 0 Å². The lowest BCUT2D eigenvalue weighted by Gasteiger charge is -2.13. The Morgan fingerprint density at radius 2 is 1.74 bits per heavy atom. The molecule has 0 saturated heterocycles. The van der Waals surface area contributed by atoms with Gasteiger partial charge < -0.3 is 15.2 Å². The molecule has 0 amide bonds. The zero-order valence-electron chi connectivity index (χ0n) is 20.1. The minimum Gasteiger partial charge on any atom is -0.462 e. The molecule has 0 unspecified atom stereocenters. The summed E-state index contributed by atoms with van der Waals surface area (Å²) in [5.41, 5.74) is 9.71. The van der Waals surface area contributed by atoms with E-state index in [2.05, 4.69) is 25.1 Å². The number of aromatic amines is 1. The number of nitrogen functional groups attached to an aromatic ring is 1. The number of fused-ring (bicyclic) bond motifs is 1. The first-order chi connectivity index (χ1) is 18.4. The third-order valence-corrected chi connectivity index (χ3v) is 5.92. The Labute approximate surface area is 221 Å². The number of benzene rings is 2. The highest BCUT2D eigenvalue weighted by molar-refractivity contribution is 6.35. The van der Waals surface area contributed by atoms with Crippen molar-refractivity contribution in [2.24, 2.45) is 0 Å². The number of halogens is 1. The molecule has 3 heterocycles. The summed E-state index contributed by atoms with van der Waals surface area (Å²) in [6.45, 7) is 1.81. The van der Waals surface area contributed by atoms with Gasteiger partial charge in [-0.2, -0.15) is 5.10 Å². The number of carbonyl (C=O) groups excluding carboxylic acids is 2. The lowest BCUT2D eigenvalue weighted by molar-refractivity contribution is 0.0458. The highest BCUT2D eigenvalue weighted by Gasteiger charge is 2.22. The monoisotopic (exact) mass is 528 g/mol. The van der Waals surface area contributed by atoms with Crippen molar-refractivity contribution in [3.05, 3.63) is 89.0 Å². The number of hydrogen-bond donors (Lipinski definition) is 2. The highest BCUT2D eigenvalue weighted by atomic mass is 35.5. The van der Waals surface area contributed by atoms with Gasteiger partial charge in [-0.05, 0) is 31.2 Å². The number of nitrogens with zero attached hydrogens (tertiary/aromatic N) is 4. The molecule has 0 saturated carbocycles. The summed E-state index contributed by atoms with van der Waals surface area (Å²) in [4.78, 5) is 38.1. The first-order valence-corrected chi connectivity index (χ1v) is 12.0. The Bertz CT molecular complexity index is 1640. The van der Waals surface area contributed by atoms with E-state index in [1.165, 1.54) is 6.20 Å². The molecule has 0 fully saturated rings. The Hall–Kier alpha value is -4.83. The number of rotatable bonds is 7. The number of anilines is 1. The second-order valence-electron chi connectivity index (χ2n) is 8.15. The van der Waals surface area contributed by atoms with Crippen molar-refractivity contribution in [3.63, 3.8) is 0 Å². The van der Waals surface area contributed by atoms with Gasteiger partial charge in [0.1, 0.15) is 6.61 Å². The fourth-order valence-corrected chi connectivity index (χ4v) is 4.07. The number of nitrogens with one attached hydrogen (secondary N) is 1. The SMILES string of the molecule is CCOC(=O)c1ccc(COC(=O)c2nc(-c3cc(Cl)c4[nH]ncc4c3)c(-c3ccccc3)nc2N)nc1. The molecule has 2 aromatic carbocycles. The summed E-state index contributed by atoms with van der Waals surface area (Å²) in [5, 5.41) is 8.11. The van der Waals surface area contributed by atoms with E-state index in [4.69, 9.17) is 26.8 Å². The van der Waals surface area contributed by atoms with Crippen molar-refractivity contribution in [1.29, 1.82) is 0 Å². The summed E-state index contributed by atoms with van der Waals surface area (Å²) < 4.78 is 10.4. The van der Waals surface area contributed by atoms with Crippen LogP contribution in [0.5, 0.6) is 0 Å². The molecule has 190 valence electrons. The summed E-state index contributed by atoms with van der Waals surface area (Å²) in [5.74, 6) is -1.34. The van der Waals surface area contributed by atoms with E-state index in [-0.39, 0.29) is 24.7 Å². The molecule has 3 aromatic heterocycles. The number of ether oxygens (including phenoxy) is 2. The zero-order chi connectivity index (χ0) is 26.6. The predicted molar refractivity (Wildman–Crippen MR) is 141 cm³/mol. The average molecular weight is 529 g/mol. The Kier molecular flexibility index (Phi) is 6.96. The fourth-order valence-electron chi connectivity index (χ4n) is 3.80. The van der Waals surface area contributed by atoms with Crippen molar-refractivity contribution in [3.8, 4) is 22.5 Å². The van der Waals surface area contributed by atoms with Gasteiger partial charge in [0.15, 0.2) is 11.5 Å². The van der Waals surface area contributed by atoms with Gasteiger partial charge in [0.25, 0.3) is 0 Å². The maximum atomic E-state index is 13.0. The van der Waals surface area contributed by atoms with E-state index in [0.29, 0.717) is 38.7 Å². The highest BCUT2D eigenvalue weighted by Crippen LogP contribution is 2.35. The number of carbonyl (C=O) groups is 2. The van der Waals surface area contributed by atoms with Crippen LogP contribution in [0.2, 0.25) is 5.02 Å². The zero-order valence-corrected chi connectivity index (χ0v) is 20.9. The molecule has 0 aliphatic carbocycles. The summed E-state index contributed by atoms with van der Waals surface area (Å²) >= 11 is 6.48. The van der Waals surface area contributed by atoms with Crippen LogP contribution < -0.4 is 5.73 Å². The topological polar surface area (TPSA) is 146 Å². The third-order valence-electron chi connectivity index (χ3n) is 5.62. The predicted octanol–water partition coefficient (Wildman–Crippen LogP) is 4.85. The van der Waals surface area contributed by atoms with Crippen LogP contribution in [0.3, 0.4) is 0 Å². The van der Waals surface area contributed by atoms with Gasteiger partial charge in [-0.15, -0.1) is 0 Å². The minimum atomic E-state index is -0.775. The summed E-state index contributed by atoms with van der Waals surface area (Å²) in [6.07, 6.45) is 3.00. The van der Waals surface area contributed by atoms with Crippen LogP contribution >= 0.6 is 11.6 Å².